The topological polar surface area (TPSA) is 83.6 Å². The van der Waals surface area contributed by atoms with Gasteiger partial charge in [0.15, 0.2) is 5.13 Å². The van der Waals surface area contributed by atoms with Gasteiger partial charge in [-0.1, -0.05) is 23.5 Å². The molecule has 1 atom stereocenters. The lowest BCUT2D eigenvalue weighted by atomic mass is 10.3. The van der Waals surface area contributed by atoms with Crippen molar-refractivity contribution in [1.82, 2.24) is 9.71 Å². The first-order valence-electron chi connectivity index (χ1n) is 8.79. The van der Waals surface area contributed by atoms with Crippen LogP contribution in [0.4, 0.5) is 28.8 Å². The average molecular weight is 470 g/mol. The minimum absolute atomic E-state index is 0.248. The van der Waals surface area contributed by atoms with Gasteiger partial charge in [0.2, 0.25) is 5.06 Å². The number of nitrogens with one attached hydrogen (secondary N) is 2. The zero-order chi connectivity index (χ0) is 22.4. The Bertz CT molecular complexity index is 1080. The highest BCUT2D eigenvalue weighted by molar-refractivity contribution is 7.83. The number of carbonyl (C=O) groups excluding carboxylic acids is 1. The number of urea groups is 1. The van der Waals surface area contributed by atoms with E-state index in [9.17, 15) is 22.2 Å². The number of rotatable bonds is 8. The molecule has 0 aliphatic heterocycles. The smallest absolute Gasteiger partial charge is 0.327 e. The molecule has 7 nitrogen and oxygen atoms in total. The van der Waals surface area contributed by atoms with Gasteiger partial charge in [0, 0.05) is 18.8 Å². The molecular weight excluding hydrogens is 453 g/mol. The SMILES string of the molecule is CN(C(=O)Nc1ncc(Oc2cccc(F)c2)s1)c1cccc(S(=O)NCC(F)F)c1. The van der Waals surface area contributed by atoms with E-state index in [1.54, 1.807) is 18.2 Å². The van der Waals surface area contributed by atoms with Gasteiger partial charge in [0.25, 0.3) is 6.43 Å². The molecule has 1 aromatic heterocycles. The highest BCUT2D eigenvalue weighted by atomic mass is 32.2. The number of hydrogen-bond acceptors (Lipinski definition) is 5. The fourth-order valence-corrected chi connectivity index (χ4v) is 3.88. The normalized spacial score (nSPS) is 11.9. The molecule has 1 unspecified atom stereocenters. The Morgan fingerprint density at radius 2 is 2.03 bits per heavy atom. The third-order valence-electron chi connectivity index (χ3n) is 3.81. The van der Waals surface area contributed by atoms with E-state index in [2.05, 4.69) is 15.0 Å². The molecule has 1 heterocycles. The number of alkyl halides is 2. The van der Waals surface area contributed by atoms with E-state index >= 15 is 0 Å². The Hall–Kier alpha value is -2.96. The van der Waals surface area contributed by atoms with Crippen LogP contribution in [0.3, 0.4) is 0 Å². The summed E-state index contributed by atoms with van der Waals surface area (Å²) in [4.78, 5) is 18.1. The van der Waals surface area contributed by atoms with E-state index < -0.39 is 35.8 Å². The molecule has 31 heavy (non-hydrogen) atoms. The molecule has 2 amide bonds. The van der Waals surface area contributed by atoms with Crippen molar-refractivity contribution in [2.45, 2.75) is 11.3 Å². The van der Waals surface area contributed by atoms with Crippen molar-refractivity contribution in [3.63, 3.8) is 0 Å². The number of benzene rings is 2. The van der Waals surface area contributed by atoms with Crippen LogP contribution in [0.25, 0.3) is 0 Å². The Balaban J connectivity index is 1.62. The molecule has 0 spiro atoms. The second-order valence-corrected chi connectivity index (χ2v) is 8.33. The quantitative estimate of drug-likeness (QED) is 0.503. The Kier molecular flexibility index (Phi) is 7.60. The van der Waals surface area contributed by atoms with E-state index in [-0.39, 0.29) is 10.0 Å². The first kappa shape index (κ1) is 22.7. The number of amides is 2. The Labute approximate surface area is 182 Å². The standard InChI is InChI=1S/C19H17F3N4O3S2/c1-26(13-5-3-7-15(9-13)31(28)24-10-16(21)22)19(27)25-18-23-11-17(30-18)29-14-6-2-4-12(20)8-14/h2-9,11,16,24H,10H2,1H3,(H,23,25,27). The van der Waals surface area contributed by atoms with Crippen molar-refractivity contribution in [2.75, 3.05) is 23.8 Å². The zero-order valence-corrected chi connectivity index (χ0v) is 17.7. The van der Waals surface area contributed by atoms with Gasteiger partial charge in [-0.15, -0.1) is 0 Å². The van der Waals surface area contributed by atoms with Crippen LogP contribution in [0.5, 0.6) is 10.8 Å². The monoisotopic (exact) mass is 470 g/mol. The van der Waals surface area contributed by atoms with Crippen molar-refractivity contribution >= 4 is 39.2 Å². The summed E-state index contributed by atoms with van der Waals surface area (Å²) in [5.74, 6) is -0.145. The summed E-state index contributed by atoms with van der Waals surface area (Å²) in [7, 11) is -0.354. The van der Waals surface area contributed by atoms with Crippen LogP contribution < -0.4 is 19.7 Å². The molecule has 0 aliphatic rings. The molecule has 0 aliphatic carbocycles. The lowest BCUT2D eigenvalue weighted by Crippen LogP contribution is -2.31. The largest absolute Gasteiger partial charge is 0.445 e. The summed E-state index contributed by atoms with van der Waals surface area (Å²) < 4.78 is 57.6. The van der Waals surface area contributed by atoms with Crippen LogP contribution in [-0.4, -0.2) is 35.2 Å². The molecule has 0 bridgehead atoms. The van der Waals surface area contributed by atoms with Crippen molar-refractivity contribution in [1.29, 1.82) is 0 Å². The Morgan fingerprint density at radius 1 is 1.26 bits per heavy atom. The number of nitrogens with zero attached hydrogens (tertiary/aromatic N) is 2. The van der Waals surface area contributed by atoms with Crippen molar-refractivity contribution in [3.05, 3.63) is 60.5 Å². The maximum Gasteiger partial charge on any atom is 0.327 e. The van der Waals surface area contributed by atoms with E-state index in [4.69, 9.17) is 4.74 Å². The summed E-state index contributed by atoms with van der Waals surface area (Å²) in [5, 5.41) is 3.20. The van der Waals surface area contributed by atoms with Gasteiger partial charge in [-0.3, -0.25) is 10.2 Å². The minimum atomic E-state index is -2.63. The highest BCUT2D eigenvalue weighted by Gasteiger charge is 2.16. The maximum atomic E-state index is 13.2. The fraction of sp³-hybridized carbons (Fsp3) is 0.158. The number of ether oxygens (including phenoxy) is 1. The first-order valence-corrected chi connectivity index (χ1v) is 10.8. The summed E-state index contributed by atoms with van der Waals surface area (Å²) in [6.45, 7) is -0.711. The lowest BCUT2D eigenvalue weighted by Gasteiger charge is -2.18. The van der Waals surface area contributed by atoms with Gasteiger partial charge in [-0.2, -0.15) is 0 Å². The molecule has 164 valence electrons. The summed E-state index contributed by atoms with van der Waals surface area (Å²) >= 11 is 1.05. The highest BCUT2D eigenvalue weighted by Crippen LogP contribution is 2.30. The number of hydrogen-bond donors (Lipinski definition) is 2. The van der Waals surface area contributed by atoms with E-state index in [0.717, 1.165) is 11.3 Å². The molecule has 3 rings (SSSR count). The zero-order valence-electron chi connectivity index (χ0n) is 16.1. The van der Waals surface area contributed by atoms with Gasteiger partial charge in [0.05, 0.1) is 17.6 Å². The number of thiazole rings is 1. The molecule has 0 saturated carbocycles. The third kappa shape index (κ3) is 6.51. The molecule has 2 aromatic carbocycles. The molecule has 0 fully saturated rings. The third-order valence-corrected chi connectivity index (χ3v) is 5.71. The van der Waals surface area contributed by atoms with Crippen LogP contribution in [0.2, 0.25) is 0 Å². The maximum absolute atomic E-state index is 13.2. The second kappa shape index (κ2) is 10.4. The molecule has 0 radical (unpaired) electrons. The van der Waals surface area contributed by atoms with Crippen LogP contribution in [0, 0.1) is 5.82 Å². The van der Waals surface area contributed by atoms with Crippen molar-refractivity contribution in [3.8, 4) is 10.8 Å². The second-order valence-electron chi connectivity index (χ2n) is 6.04. The van der Waals surface area contributed by atoms with E-state index in [1.807, 2.05) is 0 Å². The van der Waals surface area contributed by atoms with Crippen LogP contribution in [-0.2, 0) is 11.0 Å². The molecule has 2 N–H and O–H groups in total. The lowest BCUT2D eigenvalue weighted by molar-refractivity contribution is 0.154. The average Bonchev–Trinajstić information content (AvgIpc) is 3.18. The molecular formula is C19H17F3N4O3S2. The number of carbonyl (C=O) groups is 1. The fourth-order valence-electron chi connectivity index (χ4n) is 2.33. The predicted octanol–water partition coefficient (Wildman–Crippen LogP) is 4.62. The summed E-state index contributed by atoms with van der Waals surface area (Å²) in [6.07, 6.45) is -1.24. The van der Waals surface area contributed by atoms with Gasteiger partial charge < -0.3 is 4.74 Å². The van der Waals surface area contributed by atoms with Gasteiger partial charge in [-0.25, -0.2) is 31.9 Å². The minimum Gasteiger partial charge on any atom is -0.445 e. The van der Waals surface area contributed by atoms with Gasteiger partial charge in [-0.05, 0) is 30.3 Å². The van der Waals surface area contributed by atoms with Crippen LogP contribution in [0.15, 0.2) is 59.6 Å². The van der Waals surface area contributed by atoms with Crippen molar-refractivity contribution in [2.24, 2.45) is 0 Å². The number of anilines is 2. The summed E-state index contributed by atoms with van der Waals surface area (Å²) in [5.41, 5.74) is 0.398. The van der Waals surface area contributed by atoms with E-state index in [1.165, 1.54) is 48.5 Å². The number of aromatic nitrogens is 1. The van der Waals surface area contributed by atoms with Crippen molar-refractivity contribution < 1.29 is 26.9 Å². The first-order chi connectivity index (χ1) is 14.8. The van der Waals surface area contributed by atoms with Crippen LogP contribution in [0.1, 0.15) is 0 Å². The van der Waals surface area contributed by atoms with Gasteiger partial charge >= 0.3 is 6.03 Å². The molecule has 0 saturated heterocycles. The van der Waals surface area contributed by atoms with Crippen LogP contribution >= 0.6 is 11.3 Å². The predicted molar refractivity (Wildman–Crippen MR) is 113 cm³/mol. The van der Waals surface area contributed by atoms with E-state index in [0.29, 0.717) is 16.5 Å². The number of halogens is 3. The molecule has 12 heteroatoms. The Morgan fingerprint density at radius 3 is 2.77 bits per heavy atom. The molecule has 3 aromatic rings. The summed E-state index contributed by atoms with van der Waals surface area (Å²) in [6, 6.07) is 11.2. The van der Waals surface area contributed by atoms with Gasteiger partial charge in [0.1, 0.15) is 22.6 Å².